The van der Waals surface area contributed by atoms with E-state index in [2.05, 4.69) is 12.2 Å². The van der Waals surface area contributed by atoms with Gasteiger partial charge in [-0.2, -0.15) is 4.31 Å². The molecule has 1 aromatic carbocycles. The zero-order chi connectivity index (χ0) is 18.7. The molecule has 26 heavy (non-hydrogen) atoms. The van der Waals surface area contributed by atoms with Crippen molar-refractivity contribution >= 4 is 21.0 Å². The van der Waals surface area contributed by atoms with Crippen molar-refractivity contribution in [2.24, 2.45) is 0 Å². The number of ether oxygens (including phenoxy) is 1. The number of para-hydroxylation sites is 1. The van der Waals surface area contributed by atoms with Gasteiger partial charge < -0.3 is 14.5 Å². The number of nitrogens with one attached hydrogen (secondary N) is 1. The fourth-order valence-corrected chi connectivity index (χ4v) is 5.06. The molecular weight excluding hydrogens is 352 g/mol. The Labute approximate surface area is 155 Å². The zero-order valence-electron chi connectivity index (χ0n) is 15.7. The number of nitrogens with zero attached hydrogens (tertiary/aromatic N) is 1. The third-order valence-corrected chi connectivity index (χ3v) is 6.53. The van der Waals surface area contributed by atoms with Crippen molar-refractivity contribution in [1.29, 1.82) is 0 Å². The fourth-order valence-electron chi connectivity index (χ4n) is 3.53. The van der Waals surface area contributed by atoms with Crippen LogP contribution in [0.4, 0.5) is 0 Å². The second kappa shape index (κ2) is 8.08. The normalized spacial score (nSPS) is 22.1. The molecule has 0 radical (unpaired) electrons. The molecule has 0 amide bonds. The van der Waals surface area contributed by atoms with E-state index < -0.39 is 10.0 Å². The summed E-state index contributed by atoms with van der Waals surface area (Å²) in [7, 11) is -3.28. The standard InChI is InChI=1S/C19H28N2O4S/c1-4-18-17(16-7-5-6-8-19(16)25-18)11-20-9-10-26(22,23)21-12-14(2)24-15(3)13-21/h5-8,14-15,20H,4,9-13H2,1-3H3. The summed E-state index contributed by atoms with van der Waals surface area (Å²) >= 11 is 0. The van der Waals surface area contributed by atoms with Gasteiger partial charge in [-0.15, -0.1) is 0 Å². The first-order chi connectivity index (χ1) is 12.4. The van der Waals surface area contributed by atoms with Crippen molar-refractivity contribution in [1.82, 2.24) is 9.62 Å². The van der Waals surface area contributed by atoms with Crippen LogP contribution in [-0.4, -0.2) is 50.3 Å². The molecule has 0 spiro atoms. The molecule has 6 nitrogen and oxygen atoms in total. The van der Waals surface area contributed by atoms with Crippen LogP contribution in [0.5, 0.6) is 0 Å². The molecule has 0 saturated carbocycles. The number of hydrogen-bond acceptors (Lipinski definition) is 5. The lowest BCUT2D eigenvalue weighted by atomic mass is 10.1. The molecule has 1 aromatic heterocycles. The molecule has 2 atom stereocenters. The van der Waals surface area contributed by atoms with Crippen LogP contribution in [0.1, 0.15) is 32.1 Å². The van der Waals surface area contributed by atoms with Crippen LogP contribution in [0.15, 0.2) is 28.7 Å². The molecule has 7 heteroatoms. The number of rotatable bonds is 7. The second-order valence-corrected chi connectivity index (χ2v) is 9.01. The maximum Gasteiger partial charge on any atom is 0.215 e. The highest BCUT2D eigenvalue weighted by Gasteiger charge is 2.30. The molecule has 1 N–H and O–H groups in total. The number of aryl methyl sites for hydroxylation is 1. The fraction of sp³-hybridized carbons (Fsp3) is 0.579. The number of sulfonamides is 1. The molecule has 1 fully saturated rings. The molecule has 1 aliphatic heterocycles. The predicted octanol–water partition coefficient (Wildman–Crippen LogP) is 2.52. The molecule has 144 valence electrons. The van der Waals surface area contributed by atoms with Crippen LogP contribution in [0.3, 0.4) is 0 Å². The predicted molar refractivity (Wildman–Crippen MR) is 103 cm³/mol. The summed E-state index contributed by atoms with van der Waals surface area (Å²) in [5.41, 5.74) is 2.00. The highest BCUT2D eigenvalue weighted by molar-refractivity contribution is 7.89. The van der Waals surface area contributed by atoms with E-state index in [1.807, 2.05) is 38.1 Å². The molecule has 0 bridgehead atoms. The van der Waals surface area contributed by atoms with Crippen LogP contribution in [-0.2, 0) is 27.7 Å². The van der Waals surface area contributed by atoms with Gasteiger partial charge in [0.25, 0.3) is 0 Å². The molecule has 2 unspecified atom stereocenters. The SMILES string of the molecule is CCc1oc2ccccc2c1CNCCS(=O)(=O)N1CC(C)OC(C)C1. The molecule has 2 aromatic rings. The summed E-state index contributed by atoms with van der Waals surface area (Å²) in [6.45, 7) is 7.75. The van der Waals surface area contributed by atoms with Gasteiger partial charge in [0.15, 0.2) is 0 Å². The number of furan rings is 1. The van der Waals surface area contributed by atoms with Crippen LogP contribution in [0, 0.1) is 0 Å². The Morgan fingerprint density at radius 1 is 1.19 bits per heavy atom. The first-order valence-electron chi connectivity index (χ1n) is 9.24. The number of hydrogen-bond donors (Lipinski definition) is 1. The summed E-state index contributed by atoms with van der Waals surface area (Å²) < 4.78 is 38.2. The Balaban J connectivity index is 1.59. The Morgan fingerprint density at radius 2 is 1.88 bits per heavy atom. The average molecular weight is 381 g/mol. The van der Waals surface area contributed by atoms with Crippen molar-refractivity contribution < 1.29 is 17.6 Å². The van der Waals surface area contributed by atoms with Gasteiger partial charge >= 0.3 is 0 Å². The summed E-state index contributed by atoms with van der Waals surface area (Å²) in [5, 5.41) is 4.37. The number of morpholine rings is 1. The molecule has 1 saturated heterocycles. The Morgan fingerprint density at radius 3 is 2.58 bits per heavy atom. The van der Waals surface area contributed by atoms with Gasteiger partial charge in [-0.05, 0) is 19.9 Å². The minimum atomic E-state index is -3.28. The van der Waals surface area contributed by atoms with Gasteiger partial charge in [0.1, 0.15) is 11.3 Å². The van der Waals surface area contributed by atoms with Crippen molar-refractivity contribution in [2.75, 3.05) is 25.4 Å². The van der Waals surface area contributed by atoms with Crippen LogP contribution >= 0.6 is 0 Å². The Kier molecular flexibility index (Phi) is 6.02. The number of benzene rings is 1. The topological polar surface area (TPSA) is 71.8 Å². The van der Waals surface area contributed by atoms with E-state index in [4.69, 9.17) is 9.15 Å². The Bertz CT molecular complexity index is 836. The van der Waals surface area contributed by atoms with E-state index in [-0.39, 0.29) is 18.0 Å². The van der Waals surface area contributed by atoms with E-state index in [1.165, 1.54) is 0 Å². The third kappa shape index (κ3) is 4.28. The van der Waals surface area contributed by atoms with E-state index in [1.54, 1.807) is 4.31 Å². The van der Waals surface area contributed by atoms with E-state index in [9.17, 15) is 8.42 Å². The highest BCUT2D eigenvalue weighted by Crippen LogP contribution is 2.26. The Hall–Kier alpha value is -1.41. The molecule has 1 aliphatic rings. The van der Waals surface area contributed by atoms with Gasteiger partial charge in [-0.25, -0.2) is 8.42 Å². The van der Waals surface area contributed by atoms with Crippen LogP contribution in [0.25, 0.3) is 11.0 Å². The van der Waals surface area contributed by atoms with Gasteiger partial charge in [-0.3, -0.25) is 0 Å². The highest BCUT2D eigenvalue weighted by atomic mass is 32.2. The average Bonchev–Trinajstić information content (AvgIpc) is 2.96. The van der Waals surface area contributed by atoms with E-state index in [0.717, 1.165) is 28.7 Å². The number of fused-ring (bicyclic) bond motifs is 1. The molecular formula is C19H28N2O4S. The molecule has 3 rings (SSSR count). The van der Waals surface area contributed by atoms with Gasteiger partial charge in [0.2, 0.25) is 10.0 Å². The molecule has 0 aliphatic carbocycles. The van der Waals surface area contributed by atoms with Crippen molar-refractivity contribution in [2.45, 2.75) is 45.9 Å². The van der Waals surface area contributed by atoms with E-state index in [0.29, 0.717) is 26.2 Å². The monoisotopic (exact) mass is 380 g/mol. The lowest BCUT2D eigenvalue weighted by Crippen LogP contribution is -2.49. The maximum atomic E-state index is 12.6. The van der Waals surface area contributed by atoms with E-state index >= 15 is 0 Å². The van der Waals surface area contributed by atoms with Crippen molar-refractivity contribution in [3.8, 4) is 0 Å². The van der Waals surface area contributed by atoms with Crippen LogP contribution < -0.4 is 5.32 Å². The summed E-state index contributed by atoms with van der Waals surface area (Å²) in [5.74, 6) is 1.04. The quantitative estimate of drug-likeness (QED) is 0.748. The summed E-state index contributed by atoms with van der Waals surface area (Å²) in [6, 6.07) is 7.96. The lowest BCUT2D eigenvalue weighted by molar-refractivity contribution is -0.0440. The summed E-state index contributed by atoms with van der Waals surface area (Å²) in [4.78, 5) is 0. The maximum absolute atomic E-state index is 12.6. The van der Waals surface area contributed by atoms with Crippen molar-refractivity contribution in [3.05, 3.63) is 35.6 Å². The lowest BCUT2D eigenvalue weighted by Gasteiger charge is -2.34. The van der Waals surface area contributed by atoms with Gasteiger partial charge in [0, 0.05) is 43.5 Å². The minimum absolute atomic E-state index is 0.0640. The smallest absolute Gasteiger partial charge is 0.215 e. The molecule has 2 heterocycles. The zero-order valence-corrected chi connectivity index (χ0v) is 16.5. The summed E-state index contributed by atoms with van der Waals surface area (Å²) in [6.07, 6.45) is 0.685. The van der Waals surface area contributed by atoms with Crippen LogP contribution in [0.2, 0.25) is 0 Å². The first-order valence-corrected chi connectivity index (χ1v) is 10.8. The third-order valence-electron chi connectivity index (χ3n) is 4.72. The largest absolute Gasteiger partial charge is 0.461 e. The minimum Gasteiger partial charge on any atom is -0.461 e. The van der Waals surface area contributed by atoms with Gasteiger partial charge in [0.05, 0.1) is 18.0 Å². The van der Waals surface area contributed by atoms with Gasteiger partial charge in [-0.1, -0.05) is 25.1 Å². The first kappa shape index (κ1) is 19.4. The van der Waals surface area contributed by atoms with Crippen molar-refractivity contribution in [3.63, 3.8) is 0 Å². The second-order valence-electron chi connectivity index (χ2n) is 6.92.